The summed E-state index contributed by atoms with van der Waals surface area (Å²) >= 11 is 0. The molecule has 0 aromatic carbocycles. The van der Waals surface area contributed by atoms with Crippen molar-refractivity contribution in [2.24, 2.45) is 5.73 Å². The van der Waals surface area contributed by atoms with Gasteiger partial charge in [0.05, 0.1) is 0 Å². The molecule has 0 aliphatic carbocycles. The number of nitrogens with two attached hydrogens (primary N) is 1. The number of carbonyl (C=O) groups is 2. The van der Waals surface area contributed by atoms with Gasteiger partial charge >= 0.3 is 5.97 Å². The number of carboxylic acid groups (broad SMARTS) is 1. The SMILES string of the molecule is Cc1ccc(C(C)(C)CNC(=O)C(N)C(=O)O)o1. The molecule has 6 heteroatoms. The van der Waals surface area contributed by atoms with E-state index in [0.29, 0.717) is 0 Å². The Morgan fingerprint density at radius 3 is 2.56 bits per heavy atom. The van der Waals surface area contributed by atoms with Gasteiger partial charge in [0.2, 0.25) is 5.91 Å². The maximum absolute atomic E-state index is 11.4. The number of rotatable bonds is 5. The highest BCUT2D eigenvalue weighted by atomic mass is 16.4. The molecule has 1 heterocycles. The summed E-state index contributed by atoms with van der Waals surface area (Å²) in [5.74, 6) is -0.547. The number of aryl methyl sites for hydroxylation is 1. The third-order valence-electron chi connectivity index (χ3n) is 2.66. The minimum Gasteiger partial charge on any atom is -0.480 e. The topological polar surface area (TPSA) is 106 Å². The van der Waals surface area contributed by atoms with Crippen LogP contribution in [0.4, 0.5) is 0 Å². The van der Waals surface area contributed by atoms with Crippen LogP contribution in [0, 0.1) is 6.92 Å². The number of nitrogens with one attached hydrogen (secondary N) is 1. The number of aliphatic carboxylic acids is 1. The van der Waals surface area contributed by atoms with Crippen LogP contribution in [0.15, 0.2) is 16.5 Å². The maximum atomic E-state index is 11.4. The van der Waals surface area contributed by atoms with Crippen molar-refractivity contribution in [1.29, 1.82) is 0 Å². The Bertz CT molecular complexity index is 451. The van der Waals surface area contributed by atoms with Gasteiger partial charge in [0.15, 0.2) is 6.04 Å². The molecular formula is C12H18N2O4. The smallest absolute Gasteiger partial charge is 0.330 e. The summed E-state index contributed by atoms with van der Waals surface area (Å²) in [6, 6.07) is 2.12. The van der Waals surface area contributed by atoms with Crippen LogP contribution >= 0.6 is 0 Å². The van der Waals surface area contributed by atoms with Crippen LogP contribution in [0.3, 0.4) is 0 Å². The van der Waals surface area contributed by atoms with Crippen LogP contribution in [-0.2, 0) is 15.0 Å². The van der Waals surface area contributed by atoms with Gasteiger partial charge in [-0.15, -0.1) is 0 Å². The fourth-order valence-electron chi connectivity index (χ4n) is 1.42. The molecule has 0 saturated carbocycles. The number of amides is 1. The largest absolute Gasteiger partial charge is 0.480 e. The molecule has 4 N–H and O–H groups in total. The van der Waals surface area contributed by atoms with E-state index in [2.05, 4.69) is 5.32 Å². The lowest BCUT2D eigenvalue weighted by Crippen LogP contribution is -2.48. The lowest BCUT2D eigenvalue weighted by molar-refractivity contribution is -0.142. The van der Waals surface area contributed by atoms with Crippen molar-refractivity contribution in [3.8, 4) is 0 Å². The van der Waals surface area contributed by atoms with Crippen molar-refractivity contribution in [3.05, 3.63) is 23.7 Å². The molecule has 0 fully saturated rings. The number of carboxylic acids is 1. The highest BCUT2D eigenvalue weighted by Crippen LogP contribution is 2.24. The Kier molecular flexibility index (Phi) is 4.13. The zero-order valence-corrected chi connectivity index (χ0v) is 10.7. The van der Waals surface area contributed by atoms with E-state index in [1.807, 2.05) is 32.9 Å². The van der Waals surface area contributed by atoms with Crippen molar-refractivity contribution in [3.63, 3.8) is 0 Å². The normalized spacial score (nSPS) is 13.1. The molecule has 0 aliphatic heterocycles. The summed E-state index contributed by atoms with van der Waals surface area (Å²) in [5, 5.41) is 11.1. The van der Waals surface area contributed by atoms with Crippen LogP contribution in [0.5, 0.6) is 0 Å². The molecule has 0 radical (unpaired) electrons. The first kappa shape index (κ1) is 14.2. The zero-order valence-electron chi connectivity index (χ0n) is 10.7. The second kappa shape index (κ2) is 5.22. The fraction of sp³-hybridized carbons (Fsp3) is 0.500. The van der Waals surface area contributed by atoms with Crippen LogP contribution in [0.25, 0.3) is 0 Å². The number of hydrogen-bond donors (Lipinski definition) is 3. The second-order valence-electron chi connectivity index (χ2n) is 4.83. The van der Waals surface area contributed by atoms with Crippen molar-refractivity contribution >= 4 is 11.9 Å². The van der Waals surface area contributed by atoms with E-state index >= 15 is 0 Å². The minimum atomic E-state index is -1.54. The second-order valence-corrected chi connectivity index (χ2v) is 4.83. The predicted molar refractivity (Wildman–Crippen MR) is 65.1 cm³/mol. The summed E-state index contributed by atoms with van der Waals surface area (Å²) in [7, 11) is 0. The molecule has 1 aromatic rings. The van der Waals surface area contributed by atoms with Gasteiger partial charge in [0, 0.05) is 12.0 Å². The quantitative estimate of drug-likeness (QED) is 0.659. The first-order chi connectivity index (χ1) is 8.24. The summed E-state index contributed by atoms with van der Waals surface area (Å²) in [6.45, 7) is 5.86. The van der Waals surface area contributed by atoms with Gasteiger partial charge < -0.3 is 20.6 Å². The predicted octanol–water partition coefficient (Wildman–Crippen LogP) is 0.394. The zero-order chi connectivity index (χ0) is 13.9. The Balaban J connectivity index is 2.62. The molecule has 1 amide bonds. The van der Waals surface area contributed by atoms with Crippen molar-refractivity contribution < 1.29 is 19.1 Å². The molecular weight excluding hydrogens is 236 g/mol. The molecule has 0 saturated heterocycles. The molecule has 6 nitrogen and oxygen atoms in total. The van der Waals surface area contributed by atoms with Gasteiger partial charge in [-0.3, -0.25) is 4.79 Å². The molecule has 0 bridgehead atoms. The van der Waals surface area contributed by atoms with Crippen LogP contribution in [-0.4, -0.2) is 29.6 Å². The van der Waals surface area contributed by atoms with E-state index in [1.54, 1.807) is 0 Å². The average molecular weight is 254 g/mol. The summed E-state index contributed by atoms with van der Waals surface area (Å²) in [6.07, 6.45) is 0. The van der Waals surface area contributed by atoms with Gasteiger partial charge in [-0.05, 0) is 19.1 Å². The first-order valence-corrected chi connectivity index (χ1v) is 5.57. The summed E-state index contributed by atoms with van der Waals surface area (Å²) < 4.78 is 5.49. The lowest BCUT2D eigenvalue weighted by Gasteiger charge is -2.23. The van der Waals surface area contributed by atoms with Crippen molar-refractivity contribution in [2.75, 3.05) is 6.54 Å². The molecule has 1 aromatic heterocycles. The fourth-order valence-corrected chi connectivity index (χ4v) is 1.42. The van der Waals surface area contributed by atoms with E-state index in [1.165, 1.54) is 0 Å². The monoisotopic (exact) mass is 254 g/mol. The summed E-state index contributed by atoms with van der Waals surface area (Å²) in [5.41, 5.74) is 4.77. The molecule has 1 atom stereocenters. The molecule has 1 rings (SSSR count). The average Bonchev–Trinajstić information content (AvgIpc) is 2.72. The van der Waals surface area contributed by atoms with E-state index in [4.69, 9.17) is 15.3 Å². The molecule has 0 aliphatic rings. The number of hydrogen-bond acceptors (Lipinski definition) is 4. The van der Waals surface area contributed by atoms with Gasteiger partial charge in [-0.1, -0.05) is 13.8 Å². The molecule has 0 spiro atoms. The lowest BCUT2D eigenvalue weighted by atomic mass is 9.90. The molecule has 1 unspecified atom stereocenters. The standard InChI is InChI=1S/C12H18N2O4/c1-7-4-5-8(18-7)12(2,3)6-14-10(15)9(13)11(16)17/h4-5,9H,6,13H2,1-3H3,(H,14,15)(H,16,17). The Morgan fingerprint density at radius 1 is 1.50 bits per heavy atom. The highest BCUT2D eigenvalue weighted by molar-refractivity contribution is 6.00. The third-order valence-corrected chi connectivity index (χ3v) is 2.66. The van der Waals surface area contributed by atoms with Crippen LogP contribution in [0.1, 0.15) is 25.4 Å². The Labute approximate surface area is 105 Å². The van der Waals surface area contributed by atoms with Gasteiger partial charge in [0.25, 0.3) is 0 Å². The third kappa shape index (κ3) is 3.33. The van der Waals surface area contributed by atoms with Crippen molar-refractivity contribution in [2.45, 2.75) is 32.2 Å². The van der Waals surface area contributed by atoms with Crippen LogP contribution < -0.4 is 11.1 Å². The van der Waals surface area contributed by atoms with Crippen LogP contribution in [0.2, 0.25) is 0 Å². The van der Waals surface area contributed by atoms with E-state index in [0.717, 1.165) is 11.5 Å². The Hall–Kier alpha value is -1.82. The molecule has 18 heavy (non-hydrogen) atoms. The number of carbonyl (C=O) groups excluding carboxylic acids is 1. The first-order valence-electron chi connectivity index (χ1n) is 5.57. The summed E-state index contributed by atoms with van der Waals surface area (Å²) in [4.78, 5) is 22.0. The highest BCUT2D eigenvalue weighted by Gasteiger charge is 2.27. The van der Waals surface area contributed by atoms with E-state index in [-0.39, 0.29) is 6.54 Å². The van der Waals surface area contributed by atoms with Gasteiger partial charge in [-0.25, -0.2) is 4.79 Å². The maximum Gasteiger partial charge on any atom is 0.330 e. The van der Waals surface area contributed by atoms with E-state index in [9.17, 15) is 9.59 Å². The molecule has 100 valence electrons. The Morgan fingerprint density at radius 2 is 2.11 bits per heavy atom. The number of furan rings is 1. The minimum absolute atomic E-state index is 0.250. The van der Waals surface area contributed by atoms with Crippen molar-refractivity contribution in [1.82, 2.24) is 5.32 Å². The van der Waals surface area contributed by atoms with Gasteiger partial charge in [-0.2, -0.15) is 0 Å². The van der Waals surface area contributed by atoms with E-state index < -0.39 is 23.3 Å². The van der Waals surface area contributed by atoms with Gasteiger partial charge in [0.1, 0.15) is 11.5 Å².